The minimum absolute atomic E-state index is 0.0221. The van der Waals surface area contributed by atoms with Gasteiger partial charge in [0.25, 0.3) is 0 Å². The molecular formula is C23H34N4O6S. The molecule has 0 radical (unpaired) electrons. The highest BCUT2D eigenvalue weighted by atomic mass is 32.2. The lowest BCUT2D eigenvalue weighted by Gasteiger charge is -2.47. The lowest BCUT2D eigenvalue weighted by atomic mass is 9.73. The SMILES string of the molecule is CC(=O)C[C@H](C)[C@H]1C(=O)N2C(C(=O)O)=C(S[C@@H]3CN[C@H](C(=O)N4CCO[C@H](CN)C4)C3)[C@H](C)[C@@H]12. The summed E-state index contributed by atoms with van der Waals surface area (Å²) in [6, 6.07) is -0.564. The molecule has 2 amide bonds. The fraction of sp³-hybridized carbons (Fsp3) is 0.739. The molecule has 0 aromatic heterocycles. The second-order valence-corrected chi connectivity index (χ2v) is 11.2. The number of amides is 2. The van der Waals surface area contributed by atoms with Crippen molar-refractivity contribution in [2.24, 2.45) is 23.5 Å². The molecule has 188 valence electrons. The normalized spacial score (nSPS) is 34.2. The van der Waals surface area contributed by atoms with Crippen LogP contribution in [-0.2, 0) is 23.9 Å². The van der Waals surface area contributed by atoms with Gasteiger partial charge in [0.05, 0.1) is 30.7 Å². The molecule has 4 rings (SSSR count). The third kappa shape index (κ3) is 4.50. The number of morpholine rings is 1. The summed E-state index contributed by atoms with van der Waals surface area (Å²) in [5.74, 6) is -1.88. The molecular weight excluding hydrogens is 460 g/mol. The van der Waals surface area contributed by atoms with Gasteiger partial charge in [0.15, 0.2) is 0 Å². The van der Waals surface area contributed by atoms with E-state index in [9.17, 15) is 24.3 Å². The number of ether oxygens (including phenoxy) is 1. The van der Waals surface area contributed by atoms with Crippen LogP contribution in [0.1, 0.15) is 33.6 Å². The number of hydrogen-bond acceptors (Lipinski definition) is 8. The van der Waals surface area contributed by atoms with Crippen molar-refractivity contribution in [3.63, 3.8) is 0 Å². The van der Waals surface area contributed by atoms with E-state index in [-0.39, 0.29) is 64.5 Å². The van der Waals surface area contributed by atoms with E-state index >= 15 is 0 Å². The Labute approximate surface area is 203 Å². The van der Waals surface area contributed by atoms with E-state index in [1.165, 1.54) is 23.6 Å². The van der Waals surface area contributed by atoms with Gasteiger partial charge in [-0.2, -0.15) is 0 Å². The summed E-state index contributed by atoms with van der Waals surface area (Å²) >= 11 is 1.47. The smallest absolute Gasteiger partial charge is 0.353 e. The standard InChI is InChI=1S/C23H34N4O6S/c1-11(6-12(2)28)17-18-13(3)20(19(23(31)32)27(18)22(17)30)34-15-7-16(25-9-15)21(29)26-4-5-33-14(8-24)10-26/h11,13-18,25H,4-10,24H2,1-3H3,(H,31,32)/t11-,13+,14+,15-,16-,17+,18-/m0/s1. The van der Waals surface area contributed by atoms with Crippen LogP contribution in [0, 0.1) is 17.8 Å². The van der Waals surface area contributed by atoms with Gasteiger partial charge in [-0.1, -0.05) is 13.8 Å². The molecule has 3 fully saturated rings. The molecule has 4 N–H and O–H groups in total. The molecule has 0 aliphatic carbocycles. The zero-order valence-electron chi connectivity index (χ0n) is 19.9. The molecule has 4 aliphatic heterocycles. The first-order valence-electron chi connectivity index (χ1n) is 11.9. The molecule has 4 aliphatic rings. The van der Waals surface area contributed by atoms with E-state index < -0.39 is 5.97 Å². The average Bonchev–Trinajstić information content (AvgIpc) is 3.35. The van der Waals surface area contributed by atoms with Crippen LogP contribution in [0.3, 0.4) is 0 Å². The molecule has 4 heterocycles. The highest BCUT2D eigenvalue weighted by Gasteiger charge is 2.60. The molecule has 0 aromatic rings. The lowest BCUT2D eigenvalue weighted by molar-refractivity contribution is -0.160. The Kier molecular flexibility index (Phi) is 7.37. The summed E-state index contributed by atoms with van der Waals surface area (Å²) in [6.07, 6.45) is 0.744. The van der Waals surface area contributed by atoms with Crippen LogP contribution in [0.4, 0.5) is 0 Å². The maximum absolute atomic E-state index is 13.0. The van der Waals surface area contributed by atoms with Gasteiger partial charge in [0.2, 0.25) is 11.8 Å². The summed E-state index contributed by atoms with van der Waals surface area (Å²) < 4.78 is 5.55. The number of nitrogens with one attached hydrogen (secondary N) is 1. The Hall–Kier alpha value is -1.95. The number of hydrogen-bond donors (Lipinski definition) is 3. The number of ketones is 1. The number of thioether (sulfide) groups is 1. The number of Topliss-reactive ketones (excluding diaryl/α,β-unsaturated/α-hetero) is 1. The Morgan fingerprint density at radius 2 is 2.09 bits per heavy atom. The summed E-state index contributed by atoms with van der Waals surface area (Å²) in [6.45, 7) is 7.79. The van der Waals surface area contributed by atoms with E-state index in [2.05, 4.69) is 5.32 Å². The van der Waals surface area contributed by atoms with E-state index in [1.54, 1.807) is 4.90 Å². The van der Waals surface area contributed by atoms with Crippen molar-refractivity contribution in [3.8, 4) is 0 Å². The molecule has 7 atom stereocenters. The highest BCUT2D eigenvalue weighted by Crippen LogP contribution is 2.53. The molecule has 3 saturated heterocycles. The molecule has 11 heteroatoms. The molecule has 0 aromatic carbocycles. The van der Waals surface area contributed by atoms with Crippen LogP contribution in [0.5, 0.6) is 0 Å². The van der Waals surface area contributed by atoms with Crippen molar-refractivity contribution in [2.75, 3.05) is 32.8 Å². The van der Waals surface area contributed by atoms with Gasteiger partial charge in [-0.15, -0.1) is 11.8 Å². The molecule has 0 unspecified atom stereocenters. The van der Waals surface area contributed by atoms with Gasteiger partial charge in [0, 0.05) is 48.7 Å². The summed E-state index contributed by atoms with van der Waals surface area (Å²) in [4.78, 5) is 53.6. The first kappa shape index (κ1) is 25.2. The van der Waals surface area contributed by atoms with E-state index in [4.69, 9.17) is 10.5 Å². The number of carboxylic acids is 1. The van der Waals surface area contributed by atoms with Crippen LogP contribution < -0.4 is 11.1 Å². The van der Waals surface area contributed by atoms with Gasteiger partial charge >= 0.3 is 5.97 Å². The predicted octanol–water partition coefficient (Wildman–Crippen LogP) is 0.0243. The van der Waals surface area contributed by atoms with Crippen molar-refractivity contribution in [2.45, 2.75) is 57.1 Å². The monoisotopic (exact) mass is 494 g/mol. The van der Waals surface area contributed by atoms with E-state index in [1.807, 2.05) is 13.8 Å². The second-order valence-electron chi connectivity index (χ2n) is 9.86. The first-order chi connectivity index (χ1) is 16.1. The van der Waals surface area contributed by atoms with Crippen LogP contribution in [0.2, 0.25) is 0 Å². The summed E-state index contributed by atoms with van der Waals surface area (Å²) in [7, 11) is 0. The Morgan fingerprint density at radius 1 is 1.35 bits per heavy atom. The average molecular weight is 495 g/mol. The van der Waals surface area contributed by atoms with Gasteiger partial charge < -0.3 is 35.5 Å². The van der Waals surface area contributed by atoms with Crippen LogP contribution in [0.15, 0.2) is 10.6 Å². The second kappa shape index (κ2) is 9.96. The largest absolute Gasteiger partial charge is 0.477 e. The number of carbonyl (C=O) groups is 4. The van der Waals surface area contributed by atoms with Crippen molar-refractivity contribution in [1.82, 2.24) is 15.1 Å². The number of aliphatic carboxylic acids is 1. The van der Waals surface area contributed by atoms with Crippen LogP contribution in [0.25, 0.3) is 0 Å². The van der Waals surface area contributed by atoms with Gasteiger partial charge in [-0.05, 0) is 19.3 Å². The molecule has 0 spiro atoms. The minimum atomic E-state index is -1.11. The third-order valence-electron chi connectivity index (χ3n) is 7.41. The summed E-state index contributed by atoms with van der Waals surface area (Å²) in [5.41, 5.74) is 5.76. The van der Waals surface area contributed by atoms with Gasteiger partial charge in [0.1, 0.15) is 11.5 Å². The third-order valence-corrected chi connectivity index (χ3v) is 8.92. The quantitative estimate of drug-likeness (QED) is 0.398. The van der Waals surface area contributed by atoms with Crippen LogP contribution >= 0.6 is 11.8 Å². The summed E-state index contributed by atoms with van der Waals surface area (Å²) in [5, 5.41) is 13.2. The van der Waals surface area contributed by atoms with E-state index in [0.29, 0.717) is 50.5 Å². The molecule has 34 heavy (non-hydrogen) atoms. The molecule has 0 saturated carbocycles. The number of β-lactam (4-membered cyclic amide) rings is 1. The number of nitrogens with two attached hydrogens (primary N) is 1. The maximum Gasteiger partial charge on any atom is 0.353 e. The van der Waals surface area contributed by atoms with Crippen molar-refractivity contribution >= 4 is 35.3 Å². The topological polar surface area (TPSA) is 142 Å². The first-order valence-corrected chi connectivity index (χ1v) is 12.8. The Morgan fingerprint density at radius 3 is 2.74 bits per heavy atom. The van der Waals surface area contributed by atoms with E-state index in [0.717, 1.165) is 0 Å². The number of fused-ring (bicyclic) bond motifs is 1. The fourth-order valence-corrected chi connectivity index (χ4v) is 7.27. The number of rotatable bonds is 8. The van der Waals surface area contributed by atoms with Crippen molar-refractivity contribution < 1.29 is 29.0 Å². The lowest BCUT2D eigenvalue weighted by Crippen LogP contribution is -2.62. The Bertz CT molecular complexity index is 910. The number of carbonyl (C=O) groups excluding carboxylic acids is 3. The number of carboxylic acid groups (broad SMARTS) is 1. The highest BCUT2D eigenvalue weighted by molar-refractivity contribution is 8.03. The van der Waals surface area contributed by atoms with Crippen LogP contribution in [-0.4, -0.2) is 94.7 Å². The number of nitrogens with zero attached hydrogens (tertiary/aromatic N) is 2. The van der Waals surface area contributed by atoms with Gasteiger partial charge in [-0.3, -0.25) is 9.59 Å². The maximum atomic E-state index is 13.0. The fourth-order valence-electron chi connectivity index (χ4n) is 5.79. The zero-order valence-corrected chi connectivity index (χ0v) is 20.7. The minimum Gasteiger partial charge on any atom is -0.477 e. The Balaban J connectivity index is 1.43. The molecule has 0 bridgehead atoms. The van der Waals surface area contributed by atoms with Gasteiger partial charge in [-0.25, -0.2) is 4.79 Å². The van der Waals surface area contributed by atoms with Crippen molar-refractivity contribution in [3.05, 3.63) is 10.6 Å². The zero-order chi connectivity index (χ0) is 24.7. The predicted molar refractivity (Wildman–Crippen MR) is 126 cm³/mol. The molecule has 10 nitrogen and oxygen atoms in total. The van der Waals surface area contributed by atoms with Crippen molar-refractivity contribution in [1.29, 1.82) is 0 Å².